The minimum atomic E-state index is -0.110. The average molecular weight is 235 g/mol. The maximum absolute atomic E-state index is 11.2. The van der Waals surface area contributed by atoms with E-state index < -0.39 is 0 Å². The topological polar surface area (TPSA) is 38.3 Å². The van der Waals surface area contributed by atoms with Crippen LogP contribution in [0.3, 0.4) is 0 Å². The second-order valence-corrected chi connectivity index (χ2v) is 4.48. The second kappa shape index (κ2) is 7.85. The van der Waals surface area contributed by atoms with E-state index in [-0.39, 0.29) is 5.97 Å². The van der Waals surface area contributed by atoms with Crippen molar-refractivity contribution < 1.29 is 9.53 Å². The fourth-order valence-corrected chi connectivity index (χ4v) is 1.46. The average Bonchev–Trinajstić information content (AvgIpc) is 2.29. The molecule has 0 unspecified atom stereocenters. The zero-order valence-electron chi connectivity index (χ0n) is 10.6. The Morgan fingerprint density at radius 3 is 2.65 bits per heavy atom. The van der Waals surface area contributed by atoms with Crippen LogP contribution < -0.4 is 5.32 Å². The Bertz CT molecular complexity index is 322. The van der Waals surface area contributed by atoms with Gasteiger partial charge in [-0.05, 0) is 11.5 Å². The highest BCUT2D eigenvalue weighted by Gasteiger charge is 2.04. The van der Waals surface area contributed by atoms with Crippen molar-refractivity contribution in [1.82, 2.24) is 5.32 Å². The molecular weight excluding hydrogens is 214 g/mol. The van der Waals surface area contributed by atoms with Crippen LogP contribution in [0, 0.1) is 5.92 Å². The third kappa shape index (κ3) is 6.74. The van der Waals surface area contributed by atoms with E-state index in [9.17, 15) is 4.79 Å². The van der Waals surface area contributed by atoms with Crippen LogP contribution >= 0.6 is 0 Å². The summed E-state index contributed by atoms with van der Waals surface area (Å²) in [6.45, 7) is 5.96. The smallest absolute Gasteiger partial charge is 0.306 e. The van der Waals surface area contributed by atoms with Crippen molar-refractivity contribution in [2.75, 3.05) is 13.2 Å². The second-order valence-electron chi connectivity index (χ2n) is 4.48. The summed E-state index contributed by atoms with van der Waals surface area (Å²) in [5, 5.41) is 3.23. The van der Waals surface area contributed by atoms with E-state index in [1.165, 1.54) is 5.56 Å². The van der Waals surface area contributed by atoms with Crippen molar-refractivity contribution >= 4 is 5.97 Å². The van der Waals surface area contributed by atoms with Gasteiger partial charge in [-0.2, -0.15) is 0 Å². The summed E-state index contributed by atoms with van der Waals surface area (Å²) in [7, 11) is 0. The van der Waals surface area contributed by atoms with Gasteiger partial charge in [0.15, 0.2) is 0 Å². The first kappa shape index (κ1) is 13.7. The van der Waals surface area contributed by atoms with Crippen LogP contribution in [0.1, 0.15) is 25.8 Å². The molecule has 0 bridgehead atoms. The van der Waals surface area contributed by atoms with Crippen LogP contribution in [0.15, 0.2) is 30.3 Å². The van der Waals surface area contributed by atoms with E-state index in [2.05, 4.69) is 17.4 Å². The lowest BCUT2D eigenvalue weighted by Gasteiger charge is -2.07. The van der Waals surface area contributed by atoms with Crippen LogP contribution in [-0.4, -0.2) is 19.1 Å². The molecule has 0 aliphatic carbocycles. The van der Waals surface area contributed by atoms with Crippen LogP contribution in [0.2, 0.25) is 0 Å². The Morgan fingerprint density at radius 1 is 1.29 bits per heavy atom. The fourth-order valence-electron chi connectivity index (χ4n) is 1.46. The van der Waals surface area contributed by atoms with Gasteiger partial charge in [0.25, 0.3) is 0 Å². The Morgan fingerprint density at radius 2 is 2.00 bits per heavy atom. The monoisotopic (exact) mass is 235 g/mol. The van der Waals surface area contributed by atoms with Crippen molar-refractivity contribution in [2.45, 2.75) is 26.8 Å². The van der Waals surface area contributed by atoms with Gasteiger partial charge in [0, 0.05) is 19.5 Å². The van der Waals surface area contributed by atoms with Crippen LogP contribution in [0.5, 0.6) is 0 Å². The summed E-state index contributed by atoms with van der Waals surface area (Å²) in [6.07, 6.45) is 0.499. The van der Waals surface area contributed by atoms with E-state index >= 15 is 0 Å². The number of carbonyl (C=O) groups is 1. The molecule has 94 valence electrons. The summed E-state index contributed by atoms with van der Waals surface area (Å²) < 4.78 is 5.09. The van der Waals surface area contributed by atoms with Crippen molar-refractivity contribution in [3.05, 3.63) is 35.9 Å². The van der Waals surface area contributed by atoms with Crippen LogP contribution in [0.25, 0.3) is 0 Å². The van der Waals surface area contributed by atoms with E-state index in [1.54, 1.807) is 0 Å². The van der Waals surface area contributed by atoms with Crippen LogP contribution in [0.4, 0.5) is 0 Å². The predicted octanol–water partition coefficient (Wildman–Crippen LogP) is 2.37. The minimum absolute atomic E-state index is 0.110. The highest BCUT2D eigenvalue weighted by atomic mass is 16.5. The third-order valence-electron chi connectivity index (χ3n) is 2.29. The highest BCUT2D eigenvalue weighted by Crippen LogP contribution is 2.00. The number of hydrogen-bond donors (Lipinski definition) is 1. The first-order chi connectivity index (χ1) is 8.18. The van der Waals surface area contributed by atoms with Gasteiger partial charge in [-0.3, -0.25) is 4.79 Å². The van der Waals surface area contributed by atoms with Crippen molar-refractivity contribution in [2.24, 2.45) is 5.92 Å². The molecule has 3 nitrogen and oxygen atoms in total. The van der Waals surface area contributed by atoms with Gasteiger partial charge in [0.05, 0.1) is 0 Å². The van der Waals surface area contributed by atoms with Gasteiger partial charge < -0.3 is 10.1 Å². The van der Waals surface area contributed by atoms with Crippen molar-refractivity contribution in [3.63, 3.8) is 0 Å². The number of benzene rings is 1. The molecule has 1 aromatic carbocycles. The Kier molecular flexibility index (Phi) is 6.33. The van der Waals surface area contributed by atoms with Gasteiger partial charge in [0.1, 0.15) is 6.61 Å². The molecule has 0 fully saturated rings. The van der Waals surface area contributed by atoms with E-state index in [0.717, 1.165) is 6.54 Å². The molecule has 0 atom stereocenters. The van der Waals surface area contributed by atoms with Gasteiger partial charge in [-0.1, -0.05) is 44.2 Å². The molecule has 1 N–H and O–H groups in total. The minimum Gasteiger partial charge on any atom is -0.464 e. The number of rotatable bonds is 7. The highest BCUT2D eigenvalue weighted by molar-refractivity contribution is 5.69. The number of hydrogen-bond acceptors (Lipinski definition) is 3. The largest absolute Gasteiger partial charge is 0.464 e. The van der Waals surface area contributed by atoms with Gasteiger partial charge in [-0.25, -0.2) is 0 Å². The van der Waals surface area contributed by atoms with E-state index in [1.807, 2.05) is 32.0 Å². The quantitative estimate of drug-likeness (QED) is 0.582. The maximum atomic E-state index is 11.2. The molecule has 0 radical (unpaired) electrons. The van der Waals surface area contributed by atoms with Gasteiger partial charge >= 0.3 is 5.97 Å². The fraction of sp³-hybridized carbons (Fsp3) is 0.500. The third-order valence-corrected chi connectivity index (χ3v) is 2.29. The number of esters is 1. The predicted molar refractivity (Wildman–Crippen MR) is 68.6 cm³/mol. The molecule has 0 aliphatic rings. The molecule has 3 heteroatoms. The molecule has 0 amide bonds. The van der Waals surface area contributed by atoms with Crippen molar-refractivity contribution in [1.29, 1.82) is 0 Å². The van der Waals surface area contributed by atoms with Crippen LogP contribution in [-0.2, 0) is 16.1 Å². The molecule has 0 aliphatic heterocycles. The number of ether oxygens (including phenoxy) is 1. The SMILES string of the molecule is CC(C)CC(=O)OCCNCc1ccccc1. The summed E-state index contributed by atoms with van der Waals surface area (Å²) in [5.41, 5.74) is 1.24. The molecule has 17 heavy (non-hydrogen) atoms. The number of nitrogens with one attached hydrogen (secondary N) is 1. The Hall–Kier alpha value is -1.35. The molecule has 0 heterocycles. The number of carbonyl (C=O) groups excluding carboxylic acids is 1. The molecule has 0 spiro atoms. The Balaban J connectivity index is 2.03. The molecular formula is C14H21NO2. The molecule has 1 aromatic rings. The lowest BCUT2D eigenvalue weighted by Crippen LogP contribution is -2.21. The zero-order chi connectivity index (χ0) is 12.5. The van der Waals surface area contributed by atoms with Gasteiger partial charge in [-0.15, -0.1) is 0 Å². The summed E-state index contributed by atoms with van der Waals surface area (Å²) in [4.78, 5) is 11.2. The summed E-state index contributed by atoms with van der Waals surface area (Å²) >= 11 is 0. The normalized spacial score (nSPS) is 10.5. The molecule has 0 aromatic heterocycles. The Labute approximate surface area is 103 Å². The van der Waals surface area contributed by atoms with E-state index in [4.69, 9.17) is 4.74 Å². The molecule has 1 rings (SSSR count). The standard InChI is InChI=1S/C14H21NO2/c1-12(2)10-14(16)17-9-8-15-11-13-6-4-3-5-7-13/h3-7,12,15H,8-11H2,1-2H3. The first-order valence-electron chi connectivity index (χ1n) is 6.08. The molecule has 0 saturated heterocycles. The lowest BCUT2D eigenvalue weighted by atomic mass is 10.1. The molecule has 0 saturated carbocycles. The van der Waals surface area contributed by atoms with E-state index in [0.29, 0.717) is 25.5 Å². The maximum Gasteiger partial charge on any atom is 0.306 e. The van der Waals surface area contributed by atoms with Gasteiger partial charge in [0.2, 0.25) is 0 Å². The summed E-state index contributed by atoms with van der Waals surface area (Å²) in [6, 6.07) is 10.2. The summed E-state index contributed by atoms with van der Waals surface area (Å²) in [5.74, 6) is 0.251. The lowest BCUT2D eigenvalue weighted by molar-refractivity contribution is -0.144. The zero-order valence-corrected chi connectivity index (χ0v) is 10.6. The first-order valence-corrected chi connectivity index (χ1v) is 6.08. The van der Waals surface area contributed by atoms with Crippen molar-refractivity contribution in [3.8, 4) is 0 Å².